The molecule has 0 amide bonds. The van der Waals surface area contributed by atoms with Crippen LogP contribution >= 0.6 is 0 Å². The van der Waals surface area contributed by atoms with Gasteiger partial charge in [-0.25, -0.2) is 0 Å². The van der Waals surface area contributed by atoms with E-state index in [-0.39, 0.29) is 0 Å². The van der Waals surface area contributed by atoms with Crippen molar-refractivity contribution in [3.8, 4) is 0 Å². The van der Waals surface area contributed by atoms with Gasteiger partial charge in [0.2, 0.25) is 0 Å². The van der Waals surface area contributed by atoms with Crippen molar-refractivity contribution in [2.45, 2.75) is 19.8 Å². The summed E-state index contributed by atoms with van der Waals surface area (Å²) in [5.74, 6) is 0.816. The van der Waals surface area contributed by atoms with Crippen LogP contribution in [0.15, 0.2) is 22.1 Å². The number of hydrogen-bond acceptors (Lipinski definition) is 3. The molecule has 0 aliphatic carbocycles. The normalized spacial score (nSPS) is 15.0. The zero-order chi connectivity index (χ0) is 6.53. The van der Waals surface area contributed by atoms with Crippen LogP contribution in [0.5, 0.6) is 0 Å². The van der Waals surface area contributed by atoms with Gasteiger partial charge in [0.25, 0.3) is 0 Å². The summed E-state index contributed by atoms with van der Waals surface area (Å²) in [7, 11) is 0. The molecule has 1 heterocycles. The Balaban J connectivity index is 2.45. The van der Waals surface area contributed by atoms with Crippen molar-refractivity contribution < 1.29 is 4.84 Å². The molecule has 48 valence electrons. The first kappa shape index (κ1) is 6.05. The predicted octanol–water partition coefficient (Wildman–Crippen LogP) is 1.75. The molecule has 0 aromatic carbocycles. The lowest BCUT2D eigenvalue weighted by atomic mass is 10.3. The van der Waals surface area contributed by atoms with Crippen LogP contribution in [0.2, 0.25) is 0 Å². The molecule has 9 heavy (non-hydrogen) atoms. The van der Waals surface area contributed by atoms with Gasteiger partial charge in [-0.05, 0) is 11.6 Å². The maximum Gasteiger partial charge on any atom is 0.155 e. The van der Waals surface area contributed by atoms with Crippen LogP contribution in [0.4, 0.5) is 0 Å². The standard InChI is InChI=1S/C6H8N2O/c1-2-3-6-4-7-5-8-9-6/h4H,2-3H2,1H3. The van der Waals surface area contributed by atoms with Crippen LogP contribution in [0, 0.1) is 0 Å². The molecule has 0 radical (unpaired) electrons. The van der Waals surface area contributed by atoms with E-state index >= 15 is 0 Å². The van der Waals surface area contributed by atoms with Gasteiger partial charge in [-0.2, -0.15) is 4.99 Å². The summed E-state index contributed by atoms with van der Waals surface area (Å²) < 4.78 is 0. The molecule has 0 bridgehead atoms. The lowest BCUT2D eigenvalue weighted by molar-refractivity contribution is 0.214. The Morgan fingerprint density at radius 2 is 2.67 bits per heavy atom. The van der Waals surface area contributed by atoms with Gasteiger partial charge in [-0.1, -0.05) is 6.92 Å². The highest BCUT2D eigenvalue weighted by Crippen LogP contribution is 2.08. The molecule has 0 aromatic rings. The molecule has 0 atom stereocenters. The maximum absolute atomic E-state index is 4.80. The molecule has 0 spiro atoms. The summed E-state index contributed by atoms with van der Waals surface area (Å²) in [5, 5.41) is 3.39. The molecule has 3 nitrogen and oxygen atoms in total. The smallest absolute Gasteiger partial charge is 0.155 e. The minimum atomic E-state index is 0.816. The van der Waals surface area contributed by atoms with Crippen LogP contribution in [-0.2, 0) is 4.84 Å². The van der Waals surface area contributed by atoms with Crippen molar-refractivity contribution in [3.63, 3.8) is 0 Å². The Kier molecular flexibility index (Phi) is 2.05. The van der Waals surface area contributed by atoms with Crippen LogP contribution in [0.1, 0.15) is 19.8 Å². The van der Waals surface area contributed by atoms with E-state index in [2.05, 4.69) is 23.1 Å². The Morgan fingerprint density at radius 3 is 3.22 bits per heavy atom. The summed E-state index contributed by atoms with van der Waals surface area (Å²) in [6.07, 6.45) is 3.59. The van der Waals surface area contributed by atoms with Crippen molar-refractivity contribution in [2.24, 2.45) is 10.1 Å². The molecular weight excluding hydrogens is 116 g/mol. The molecule has 0 fully saturated rings. The second-order valence-corrected chi connectivity index (χ2v) is 1.76. The number of allylic oxidation sites excluding steroid dienone is 1. The van der Waals surface area contributed by atoms with E-state index in [1.54, 1.807) is 6.20 Å². The lowest BCUT2D eigenvalue weighted by Gasteiger charge is -1.99. The largest absolute Gasteiger partial charge is 0.350 e. The number of rotatable bonds is 2. The molecule has 0 unspecified atom stereocenters. The second-order valence-electron chi connectivity index (χ2n) is 1.76. The molecule has 0 saturated heterocycles. The Bertz CT molecular complexity index is 177. The average molecular weight is 124 g/mol. The Hall–Kier alpha value is -1.08. The quantitative estimate of drug-likeness (QED) is 0.552. The van der Waals surface area contributed by atoms with E-state index in [9.17, 15) is 0 Å². The predicted molar refractivity (Wildman–Crippen MR) is 33.9 cm³/mol. The van der Waals surface area contributed by atoms with Gasteiger partial charge in [0, 0.05) is 6.42 Å². The van der Waals surface area contributed by atoms with E-state index in [4.69, 9.17) is 4.84 Å². The van der Waals surface area contributed by atoms with Gasteiger partial charge in [0.15, 0.2) is 5.76 Å². The second kappa shape index (κ2) is 3.05. The van der Waals surface area contributed by atoms with Crippen LogP contribution in [0.25, 0.3) is 0 Å². The molecule has 0 N–H and O–H groups in total. The minimum Gasteiger partial charge on any atom is -0.350 e. The fraction of sp³-hybridized carbons (Fsp3) is 0.500. The van der Waals surface area contributed by atoms with Gasteiger partial charge < -0.3 is 4.84 Å². The number of nitrogens with zero attached hydrogens (tertiary/aromatic N) is 2. The van der Waals surface area contributed by atoms with Crippen LogP contribution in [-0.4, -0.2) is 6.01 Å². The monoisotopic (exact) mass is 124 g/mol. The molecule has 3 heteroatoms. The third-order valence-electron chi connectivity index (χ3n) is 0.966. The summed E-state index contributed by atoms with van der Waals surface area (Å²) in [4.78, 5) is 8.47. The molecular formula is C6H8N2O. The van der Waals surface area contributed by atoms with E-state index in [1.165, 1.54) is 0 Å². The fourth-order valence-electron chi connectivity index (χ4n) is 0.584. The lowest BCUT2D eigenvalue weighted by Crippen LogP contribution is -1.87. The van der Waals surface area contributed by atoms with Crippen molar-refractivity contribution >= 4 is 6.01 Å². The van der Waals surface area contributed by atoms with E-state index < -0.39 is 0 Å². The molecule has 1 rings (SSSR count). The zero-order valence-corrected chi connectivity index (χ0v) is 5.29. The maximum atomic E-state index is 4.80. The number of hydrogen-bond donors (Lipinski definition) is 0. The van der Waals surface area contributed by atoms with Crippen molar-refractivity contribution in [3.05, 3.63) is 12.0 Å². The third-order valence-corrected chi connectivity index (χ3v) is 0.966. The van der Waals surface area contributed by atoms with Crippen molar-refractivity contribution in [2.75, 3.05) is 0 Å². The van der Waals surface area contributed by atoms with Crippen molar-refractivity contribution in [1.82, 2.24) is 0 Å². The first-order valence-electron chi connectivity index (χ1n) is 2.94. The SMILES string of the molecule is CCCC1=CN=C=NO1. The summed E-state index contributed by atoms with van der Waals surface area (Å²) in [6, 6.07) is 2.32. The minimum absolute atomic E-state index is 0.816. The van der Waals surface area contributed by atoms with E-state index in [1.807, 2.05) is 0 Å². The average Bonchev–Trinajstić information content (AvgIpc) is 1.91. The molecule has 1 aliphatic heterocycles. The highest BCUT2D eigenvalue weighted by atomic mass is 16.6. The highest BCUT2D eigenvalue weighted by molar-refractivity contribution is 5.42. The highest BCUT2D eigenvalue weighted by Gasteiger charge is 1.96. The Morgan fingerprint density at radius 1 is 1.78 bits per heavy atom. The molecule has 0 saturated carbocycles. The van der Waals surface area contributed by atoms with E-state index in [0.717, 1.165) is 18.6 Å². The summed E-state index contributed by atoms with van der Waals surface area (Å²) >= 11 is 0. The number of aliphatic imine (C=N–C) groups is 1. The Labute approximate surface area is 53.7 Å². The fourth-order valence-corrected chi connectivity index (χ4v) is 0.584. The van der Waals surface area contributed by atoms with E-state index in [0.29, 0.717) is 0 Å². The molecule has 0 aromatic heterocycles. The summed E-state index contributed by atoms with van der Waals surface area (Å²) in [6.45, 7) is 2.08. The van der Waals surface area contributed by atoms with Gasteiger partial charge in [-0.15, -0.1) is 0 Å². The van der Waals surface area contributed by atoms with Gasteiger partial charge in [0.05, 0.1) is 6.20 Å². The van der Waals surface area contributed by atoms with Gasteiger partial charge >= 0.3 is 0 Å². The summed E-state index contributed by atoms with van der Waals surface area (Å²) in [5.41, 5.74) is 0. The first-order valence-corrected chi connectivity index (χ1v) is 2.94. The molecule has 1 aliphatic rings. The topological polar surface area (TPSA) is 34.0 Å². The van der Waals surface area contributed by atoms with Gasteiger partial charge in [0.1, 0.15) is 6.01 Å². The third kappa shape index (κ3) is 1.70. The van der Waals surface area contributed by atoms with Crippen LogP contribution < -0.4 is 0 Å². The van der Waals surface area contributed by atoms with Crippen LogP contribution in [0.3, 0.4) is 0 Å². The van der Waals surface area contributed by atoms with Crippen molar-refractivity contribution in [1.29, 1.82) is 0 Å². The van der Waals surface area contributed by atoms with Gasteiger partial charge in [-0.3, -0.25) is 0 Å². The first-order chi connectivity index (χ1) is 4.43. The zero-order valence-electron chi connectivity index (χ0n) is 5.29.